The van der Waals surface area contributed by atoms with Gasteiger partial charge in [-0.25, -0.2) is 4.79 Å². The second kappa shape index (κ2) is 4.17. The van der Waals surface area contributed by atoms with Gasteiger partial charge in [0.1, 0.15) is 11.8 Å². The zero-order valence-electron chi connectivity index (χ0n) is 9.16. The molecule has 0 bridgehead atoms. The van der Waals surface area contributed by atoms with Gasteiger partial charge in [-0.05, 0) is 6.92 Å². The molecule has 1 saturated heterocycles. The van der Waals surface area contributed by atoms with E-state index in [1.165, 1.54) is 6.07 Å². The molecular weight excluding hydrogens is 228 g/mol. The average molecular weight is 240 g/mol. The largest absolute Gasteiger partial charge is 0.480 e. The molecule has 17 heavy (non-hydrogen) atoms. The molecule has 7 heteroatoms. The maximum absolute atomic E-state index is 11.9. The van der Waals surface area contributed by atoms with Crippen LogP contribution in [0.1, 0.15) is 22.7 Å². The number of amides is 1. The van der Waals surface area contributed by atoms with Crippen LogP contribution in [0.5, 0.6) is 0 Å². The summed E-state index contributed by atoms with van der Waals surface area (Å²) >= 11 is 0. The third kappa shape index (κ3) is 2.14. The van der Waals surface area contributed by atoms with Crippen LogP contribution in [0, 0.1) is 6.92 Å². The molecule has 0 aromatic carbocycles. The van der Waals surface area contributed by atoms with Crippen LogP contribution in [0.3, 0.4) is 0 Å². The quantitative estimate of drug-likeness (QED) is 0.731. The Labute approximate surface area is 96.6 Å². The number of hydrogen-bond acceptors (Lipinski definition) is 5. The number of aliphatic hydroxyl groups excluding tert-OH is 1. The third-order valence-corrected chi connectivity index (χ3v) is 2.67. The molecular formula is C10H12N2O5. The van der Waals surface area contributed by atoms with E-state index < -0.39 is 24.0 Å². The van der Waals surface area contributed by atoms with Crippen molar-refractivity contribution in [3.05, 3.63) is 17.5 Å². The monoisotopic (exact) mass is 240 g/mol. The van der Waals surface area contributed by atoms with Gasteiger partial charge < -0.3 is 19.6 Å². The van der Waals surface area contributed by atoms with Crippen LogP contribution < -0.4 is 0 Å². The average Bonchev–Trinajstić information content (AvgIpc) is 2.83. The Morgan fingerprint density at radius 2 is 2.29 bits per heavy atom. The molecule has 0 radical (unpaired) electrons. The lowest BCUT2D eigenvalue weighted by atomic mass is 10.2. The Bertz CT molecular complexity index is 455. The zero-order valence-corrected chi connectivity index (χ0v) is 9.16. The molecule has 0 spiro atoms. The lowest BCUT2D eigenvalue weighted by molar-refractivity contribution is -0.141. The number of hydrogen-bond donors (Lipinski definition) is 2. The number of aliphatic hydroxyl groups is 1. The van der Waals surface area contributed by atoms with E-state index in [0.29, 0.717) is 5.76 Å². The fraction of sp³-hybridized carbons (Fsp3) is 0.500. The molecule has 0 aliphatic carbocycles. The minimum Gasteiger partial charge on any atom is -0.480 e. The number of nitrogens with zero attached hydrogens (tertiary/aromatic N) is 2. The van der Waals surface area contributed by atoms with Crippen LogP contribution >= 0.6 is 0 Å². The minimum atomic E-state index is -1.13. The van der Waals surface area contributed by atoms with Gasteiger partial charge in [0.15, 0.2) is 5.69 Å². The predicted octanol–water partition coefficient (Wildman–Crippen LogP) is -0.357. The van der Waals surface area contributed by atoms with Crippen molar-refractivity contribution in [2.45, 2.75) is 25.5 Å². The molecule has 1 aromatic heterocycles. The lowest BCUT2D eigenvalue weighted by Gasteiger charge is -2.19. The second-order valence-corrected chi connectivity index (χ2v) is 4.02. The first-order valence-electron chi connectivity index (χ1n) is 5.14. The van der Waals surface area contributed by atoms with Crippen molar-refractivity contribution in [2.24, 2.45) is 0 Å². The number of carboxylic acids is 1. The number of β-amino-alcohol motifs (C(OH)–C–C–N with tert-alkyl or cyclic N) is 1. The van der Waals surface area contributed by atoms with E-state index in [9.17, 15) is 14.7 Å². The van der Waals surface area contributed by atoms with Crippen molar-refractivity contribution in [1.82, 2.24) is 10.1 Å². The summed E-state index contributed by atoms with van der Waals surface area (Å²) in [7, 11) is 0. The molecule has 1 aliphatic rings. The van der Waals surface area contributed by atoms with Gasteiger partial charge in [0.2, 0.25) is 0 Å². The van der Waals surface area contributed by atoms with E-state index in [2.05, 4.69) is 5.16 Å². The first kappa shape index (κ1) is 11.6. The number of aryl methyl sites for hydroxylation is 1. The summed E-state index contributed by atoms with van der Waals surface area (Å²) in [6, 6.07) is 0.431. The molecule has 92 valence electrons. The Balaban J connectivity index is 2.21. The summed E-state index contributed by atoms with van der Waals surface area (Å²) in [4.78, 5) is 24.0. The number of carboxylic acid groups (broad SMARTS) is 1. The Morgan fingerprint density at radius 1 is 1.59 bits per heavy atom. The van der Waals surface area contributed by atoms with Gasteiger partial charge in [-0.15, -0.1) is 0 Å². The number of carbonyl (C=O) groups excluding carboxylic acids is 1. The number of rotatable bonds is 2. The number of aromatic nitrogens is 1. The van der Waals surface area contributed by atoms with E-state index in [1.54, 1.807) is 6.92 Å². The Morgan fingerprint density at radius 3 is 2.82 bits per heavy atom. The third-order valence-electron chi connectivity index (χ3n) is 2.67. The van der Waals surface area contributed by atoms with Gasteiger partial charge in [0, 0.05) is 19.0 Å². The fourth-order valence-corrected chi connectivity index (χ4v) is 1.89. The standard InChI is InChI=1S/C10H12N2O5/c1-5-2-7(11-17-5)9(14)12-4-6(13)3-8(12)10(15)16/h2,6,8,13H,3-4H2,1H3,(H,15,16)/t6-,8+/m1/s1. The molecule has 1 amide bonds. The van der Waals surface area contributed by atoms with Gasteiger partial charge >= 0.3 is 5.97 Å². The number of carbonyl (C=O) groups is 2. The molecule has 2 heterocycles. The minimum absolute atomic E-state index is 0.00169. The lowest BCUT2D eigenvalue weighted by Crippen LogP contribution is -2.40. The Hall–Kier alpha value is -1.89. The molecule has 1 aliphatic heterocycles. The summed E-state index contributed by atoms with van der Waals surface area (Å²) in [5, 5.41) is 21.9. The van der Waals surface area contributed by atoms with Crippen molar-refractivity contribution >= 4 is 11.9 Å². The van der Waals surface area contributed by atoms with Gasteiger partial charge in [0.05, 0.1) is 6.10 Å². The van der Waals surface area contributed by atoms with Crippen LogP contribution in [0.25, 0.3) is 0 Å². The second-order valence-electron chi connectivity index (χ2n) is 4.02. The smallest absolute Gasteiger partial charge is 0.326 e. The molecule has 7 nitrogen and oxygen atoms in total. The number of likely N-dealkylation sites (tertiary alicyclic amines) is 1. The summed E-state index contributed by atoms with van der Waals surface area (Å²) in [5.74, 6) is -1.19. The van der Waals surface area contributed by atoms with Crippen LogP contribution in [0.4, 0.5) is 0 Å². The van der Waals surface area contributed by atoms with Gasteiger partial charge in [-0.1, -0.05) is 5.16 Å². The van der Waals surface area contributed by atoms with Crippen molar-refractivity contribution in [2.75, 3.05) is 6.54 Å². The SMILES string of the molecule is Cc1cc(C(=O)N2C[C@H](O)C[C@H]2C(=O)O)no1. The van der Waals surface area contributed by atoms with Crippen molar-refractivity contribution in [3.8, 4) is 0 Å². The Kier molecular flexibility index (Phi) is 2.84. The molecule has 1 aromatic rings. The highest BCUT2D eigenvalue weighted by atomic mass is 16.5. The first-order valence-corrected chi connectivity index (χ1v) is 5.14. The molecule has 2 N–H and O–H groups in total. The van der Waals surface area contributed by atoms with Crippen LogP contribution in [0.2, 0.25) is 0 Å². The maximum Gasteiger partial charge on any atom is 0.326 e. The van der Waals surface area contributed by atoms with Crippen molar-refractivity contribution < 1.29 is 24.3 Å². The topological polar surface area (TPSA) is 104 Å². The van der Waals surface area contributed by atoms with Crippen molar-refractivity contribution in [3.63, 3.8) is 0 Å². The fourth-order valence-electron chi connectivity index (χ4n) is 1.89. The zero-order chi connectivity index (χ0) is 12.6. The summed E-state index contributed by atoms with van der Waals surface area (Å²) in [6.45, 7) is 1.64. The van der Waals surface area contributed by atoms with Crippen molar-refractivity contribution in [1.29, 1.82) is 0 Å². The van der Waals surface area contributed by atoms with E-state index in [1.807, 2.05) is 0 Å². The summed E-state index contributed by atoms with van der Waals surface area (Å²) in [5.41, 5.74) is 0.0582. The van der Waals surface area contributed by atoms with E-state index >= 15 is 0 Å². The highest BCUT2D eigenvalue weighted by molar-refractivity contribution is 5.95. The summed E-state index contributed by atoms with van der Waals surface area (Å²) < 4.78 is 4.76. The van der Waals surface area contributed by atoms with Crippen LogP contribution in [-0.2, 0) is 4.79 Å². The molecule has 0 saturated carbocycles. The van der Waals surface area contributed by atoms with Crippen LogP contribution in [0.15, 0.2) is 10.6 Å². The predicted molar refractivity (Wildman–Crippen MR) is 54.3 cm³/mol. The van der Waals surface area contributed by atoms with Gasteiger partial charge in [-0.2, -0.15) is 0 Å². The van der Waals surface area contributed by atoms with E-state index in [4.69, 9.17) is 9.63 Å². The molecule has 2 rings (SSSR count). The molecule has 2 atom stereocenters. The van der Waals surface area contributed by atoms with Crippen LogP contribution in [-0.4, -0.2) is 50.8 Å². The maximum atomic E-state index is 11.9. The molecule has 1 fully saturated rings. The van der Waals surface area contributed by atoms with E-state index in [-0.39, 0.29) is 18.7 Å². The normalized spacial score (nSPS) is 24.0. The van der Waals surface area contributed by atoms with Gasteiger partial charge in [-0.3, -0.25) is 4.79 Å². The summed E-state index contributed by atoms with van der Waals surface area (Å²) in [6.07, 6.45) is -0.772. The number of aliphatic carboxylic acids is 1. The van der Waals surface area contributed by atoms with E-state index in [0.717, 1.165) is 4.90 Å². The van der Waals surface area contributed by atoms with Gasteiger partial charge in [0.25, 0.3) is 5.91 Å². The highest BCUT2D eigenvalue weighted by Crippen LogP contribution is 2.20. The highest BCUT2D eigenvalue weighted by Gasteiger charge is 2.40. The first-order chi connectivity index (χ1) is 7.99. The molecule has 0 unspecified atom stereocenters.